The summed E-state index contributed by atoms with van der Waals surface area (Å²) in [7, 11) is 3.79. The molecule has 1 aliphatic rings. The van der Waals surface area contributed by atoms with E-state index in [0.717, 1.165) is 55.6 Å². The van der Waals surface area contributed by atoms with Crippen molar-refractivity contribution in [3.05, 3.63) is 30.6 Å². The van der Waals surface area contributed by atoms with Crippen LogP contribution in [0.3, 0.4) is 0 Å². The van der Waals surface area contributed by atoms with Gasteiger partial charge in [0.1, 0.15) is 11.8 Å². The molecule has 0 radical (unpaired) electrons. The number of benzene rings is 2. The fraction of sp³-hybridized carbons (Fsp3) is 0.375. The number of ether oxygens (including phenoxy) is 2. The van der Waals surface area contributed by atoms with Crippen LogP contribution in [0.4, 0.5) is 11.7 Å². The molecule has 0 unspecified atom stereocenters. The van der Waals surface area contributed by atoms with Gasteiger partial charge in [0, 0.05) is 49.7 Å². The van der Waals surface area contributed by atoms with E-state index >= 15 is 0 Å². The van der Waals surface area contributed by atoms with Crippen molar-refractivity contribution in [1.82, 2.24) is 24.8 Å². The Labute approximate surface area is 197 Å². The topological polar surface area (TPSA) is 129 Å². The predicted molar refractivity (Wildman–Crippen MR) is 132 cm³/mol. The van der Waals surface area contributed by atoms with E-state index in [4.69, 9.17) is 25.4 Å². The average Bonchev–Trinajstić information content (AvgIpc) is 3.23. The Morgan fingerprint density at radius 1 is 1.06 bits per heavy atom. The van der Waals surface area contributed by atoms with Gasteiger partial charge in [-0.3, -0.25) is 0 Å². The minimum absolute atomic E-state index is 0.0717. The molecular weight excluding hydrogens is 434 g/mol. The van der Waals surface area contributed by atoms with Crippen LogP contribution >= 0.6 is 0 Å². The van der Waals surface area contributed by atoms with Crippen LogP contribution in [0, 0.1) is 0 Å². The lowest BCUT2D eigenvalue weighted by atomic mass is 10.0. The Kier molecular flexibility index (Phi) is 6.08. The lowest BCUT2D eigenvalue weighted by Gasteiger charge is -2.32. The van der Waals surface area contributed by atoms with Gasteiger partial charge < -0.3 is 35.2 Å². The zero-order chi connectivity index (χ0) is 23.7. The van der Waals surface area contributed by atoms with Gasteiger partial charge in [-0.25, -0.2) is 9.97 Å². The molecule has 3 heterocycles. The van der Waals surface area contributed by atoms with Gasteiger partial charge in [-0.05, 0) is 31.7 Å². The van der Waals surface area contributed by atoms with Gasteiger partial charge in [-0.1, -0.05) is 0 Å². The lowest BCUT2D eigenvalue weighted by Crippen LogP contribution is -2.44. The first-order valence-corrected chi connectivity index (χ1v) is 11.3. The fourth-order valence-corrected chi connectivity index (χ4v) is 4.33. The molecular formula is C24H29N7O3. The number of hydrogen-bond donors (Lipinski definition) is 2. The fourth-order valence-electron chi connectivity index (χ4n) is 4.33. The van der Waals surface area contributed by atoms with Gasteiger partial charge >= 0.3 is 0 Å². The number of fused-ring (bicyclic) bond motifs is 2. The smallest absolute Gasteiger partial charge is 0.293 e. The first-order chi connectivity index (χ1) is 16.5. The third-order valence-corrected chi connectivity index (χ3v) is 6.26. The standard InChI is InChI=1S/C24H29N7O3/c1-30-7-9-31(10-8-30)6-3-11-33-20-13-17-16(12-19(20)32-2)22(28-14-27-17)15-4-5-18-23(21(15)25)29-24(26)34-18/h4-5,12-14H,3,6-11,25H2,1-2H3,(H2,26,29). The van der Waals surface area contributed by atoms with Crippen LogP contribution in [-0.4, -0.2) is 78.2 Å². The van der Waals surface area contributed by atoms with E-state index in [9.17, 15) is 0 Å². The third kappa shape index (κ3) is 4.29. The van der Waals surface area contributed by atoms with Crippen LogP contribution in [0.25, 0.3) is 33.3 Å². The van der Waals surface area contributed by atoms with Gasteiger partial charge in [0.25, 0.3) is 6.01 Å². The van der Waals surface area contributed by atoms with Gasteiger partial charge in [0.2, 0.25) is 0 Å². The molecule has 178 valence electrons. The third-order valence-electron chi connectivity index (χ3n) is 6.26. The maximum Gasteiger partial charge on any atom is 0.293 e. The number of nitrogen functional groups attached to an aromatic ring is 2. The molecule has 5 rings (SSSR count). The molecule has 0 bridgehead atoms. The summed E-state index contributed by atoms with van der Waals surface area (Å²) in [5, 5.41) is 0.798. The molecule has 10 nitrogen and oxygen atoms in total. The summed E-state index contributed by atoms with van der Waals surface area (Å²) in [4.78, 5) is 18.0. The number of anilines is 2. The molecule has 0 atom stereocenters. The highest BCUT2D eigenvalue weighted by atomic mass is 16.5. The zero-order valence-electron chi connectivity index (χ0n) is 19.5. The van der Waals surface area contributed by atoms with E-state index in [1.54, 1.807) is 13.2 Å². The lowest BCUT2D eigenvalue weighted by molar-refractivity contribution is 0.145. The number of aromatic nitrogens is 3. The normalized spacial score (nSPS) is 15.2. The van der Waals surface area contributed by atoms with Gasteiger partial charge in [-0.15, -0.1) is 0 Å². The minimum atomic E-state index is 0.0717. The quantitative estimate of drug-likeness (QED) is 0.312. The molecule has 1 fully saturated rings. The van der Waals surface area contributed by atoms with E-state index in [1.165, 1.54) is 6.33 Å². The van der Waals surface area contributed by atoms with Crippen LogP contribution in [0.15, 0.2) is 35.0 Å². The molecule has 2 aromatic heterocycles. The van der Waals surface area contributed by atoms with Crippen molar-refractivity contribution in [2.45, 2.75) is 6.42 Å². The van der Waals surface area contributed by atoms with Gasteiger partial charge in [0.05, 0.1) is 30.6 Å². The maximum atomic E-state index is 6.40. The number of methoxy groups -OCH3 is 1. The summed E-state index contributed by atoms with van der Waals surface area (Å²) in [5.41, 5.74) is 15.7. The van der Waals surface area contributed by atoms with Crippen LogP contribution in [0.2, 0.25) is 0 Å². The van der Waals surface area contributed by atoms with Crippen molar-refractivity contribution >= 4 is 33.7 Å². The Morgan fingerprint density at radius 2 is 1.88 bits per heavy atom. The van der Waals surface area contributed by atoms with Crippen molar-refractivity contribution in [1.29, 1.82) is 0 Å². The van der Waals surface area contributed by atoms with Crippen LogP contribution in [0.1, 0.15) is 6.42 Å². The molecule has 1 aliphatic heterocycles. The Balaban J connectivity index is 1.38. The summed E-state index contributed by atoms with van der Waals surface area (Å²) in [6.45, 7) is 6.05. The molecule has 0 amide bonds. The number of nitrogens with two attached hydrogens (primary N) is 2. The summed E-state index contributed by atoms with van der Waals surface area (Å²) >= 11 is 0. The van der Waals surface area contributed by atoms with Gasteiger partial charge in [0.15, 0.2) is 17.1 Å². The number of hydrogen-bond acceptors (Lipinski definition) is 10. The summed E-state index contributed by atoms with van der Waals surface area (Å²) in [5.74, 6) is 1.28. The number of likely N-dealkylation sites (N-methyl/N-ethyl adjacent to an activating group) is 1. The summed E-state index contributed by atoms with van der Waals surface area (Å²) < 4.78 is 17.1. The minimum Gasteiger partial charge on any atom is -0.493 e. The molecule has 2 aromatic carbocycles. The second-order valence-electron chi connectivity index (χ2n) is 8.52. The van der Waals surface area contributed by atoms with Crippen molar-refractivity contribution < 1.29 is 13.9 Å². The van der Waals surface area contributed by atoms with Crippen molar-refractivity contribution in [3.8, 4) is 22.8 Å². The Morgan fingerprint density at radius 3 is 2.68 bits per heavy atom. The van der Waals surface area contributed by atoms with E-state index in [1.807, 2.05) is 18.2 Å². The molecule has 10 heteroatoms. The van der Waals surface area contributed by atoms with E-state index < -0.39 is 0 Å². The predicted octanol–water partition coefficient (Wildman–Crippen LogP) is 2.63. The van der Waals surface area contributed by atoms with Gasteiger partial charge in [-0.2, -0.15) is 4.98 Å². The zero-order valence-corrected chi connectivity index (χ0v) is 19.5. The molecule has 4 N–H and O–H groups in total. The number of piperazine rings is 1. The van der Waals surface area contributed by atoms with Crippen molar-refractivity contribution in [3.63, 3.8) is 0 Å². The first kappa shape index (κ1) is 22.2. The summed E-state index contributed by atoms with van der Waals surface area (Å²) in [6.07, 6.45) is 2.46. The van der Waals surface area contributed by atoms with Crippen molar-refractivity contribution in [2.24, 2.45) is 0 Å². The van der Waals surface area contributed by atoms with E-state index in [2.05, 4.69) is 31.8 Å². The molecule has 0 saturated carbocycles. The van der Waals surface area contributed by atoms with Crippen LogP contribution < -0.4 is 20.9 Å². The molecule has 34 heavy (non-hydrogen) atoms. The Hall–Kier alpha value is -3.63. The van der Waals surface area contributed by atoms with E-state index in [-0.39, 0.29) is 6.01 Å². The maximum absolute atomic E-state index is 6.40. The second kappa shape index (κ2) is 9.32. The average molecular weight is 464 g/mol. The van der Waals surface area contributed by atoms with Crippen LogP contribution in [0.5, 0.6) is 11.5 Å². The highest BCUT2D eigenvalue weighted by Gasteiger charge is 2.18. The van der Waals surface area contributed by atoms with E-state index in [0.29, 0.717) is 40.6 Å². The number of oxazole rings is 1. The largest absolute Gasteiger partial charge is 0.493 e. The monoisotopic (exact) mass is 463 g/mol. The van der Waals surface area contributed by atoms with Crippen LogP contribution in [-0.2, 0) is 0 Å². The SMILES string of the molecule is COc1cc2c(-c3ccc4oc(N)nc4c3N)ncnc2cc1OCCCN1CCN(C)CC1. The summed E-state index contributed by atoms with van der Waals surface area (Å²) in [6, 6.07) is 7.48. The Bertz CT molecular complexity index is 1320. The highest BCUT2D eigenvalue weighted by molar-refractivity contribution is 6.02. The second-order valence-corrected chi connectivity index (χ2v) is 8.52. The first-order valence-electron chi connectivity index (χ1n) is 11.3. The molecule has 1 saturated heterocycles. The molecule has 0 spiro atoms. The molecule has 0 aliphatic carbocycles. The number of nitrogens with zero attached hydrogens (tertiary/aromatic N) is 5. The highest BCUT2D eigenvalue weighted by Crippen LogP contribution is 2.38. The molecule has 4 aromatic rings. The van der Waals surface area contributed by atoms with Crippen molar-refractivity contribution in [2.75, 3.05) is 65.0 Å². The number of rotatable bonds is 7.